The second-order valence-electron chi connectivity index (χ2n) is 8.99. The van der Waals surface area contributed by atoms with Crippen molar-refractivity contribution >= 4 is 29.7 Å². The van der Waals surface area contributed by atoms with Crippen LogP contribution in [-0.4, -0.2) is 85.8 Å². The van der Waals surface area contributed by atoms with Gasteiger partial charge in [-0.15, -0.1) is 0 Å². The molecule has 12 nitrogen and oxygen atoms in total. The Bertz CT molecular complexity index is 1160. The molecule has 0 bridgehead atoms. The van der Waals surface area contributed by atoms with E-state index in [-0.39, 0.29) is 47.0 Å². The number of aromatic nitrogens is 5. The molecule has 0 atom stereocenters. The fourth-order valence-electron chi connectivity index (χ4n) is 4.53. The minimum absolute atomic E-state index is 0.0138. The minimum Gasteiger partial charge on any atom is -0.368 e. The highest BCUT2D eigenvalue weighted by molar-refractivity contribution is 5.87. The Morgan fingerprint density at radius 3 is 2.35 bits per heavy atom. The molecule has 2 saturated heterocycles. The van der Waals surface area contributed by atoms with Crippen LogP contribution in [0.4, 0.5) is 26.6 Å². The molecule has 2 fully saturated rings. The van der Waals surface area contributed by atoms with Gasteiger partial charge in [-0.25, -0.2) is 18.7 Å². The first kappa shape index (κ1) is 26.1. The Kier molecular flexibility index (Phi) is 8.04. The molecule has 0 aliphatic carbocycles. The molecule has 4 rings (SSSR count). The van der Waals surface area contributed by atoms with Crippen LogP contribution in [0.15, 0.2) is 18.3 Å². The van der Waals surface area contributed by atoms with E-state index in [0.29, 0.717) is 45.7 Å². The number of nitrogens with zero attached hydrogens (tertiary/aromatic N) is 8. The maximum atomic E-state index is 13.5. The van der Waals surface area contributed by atoms with Gasteiger partial charge in [0.05, 0.1) is 5.56 Å². The monoisotopic (exact) mass is 516 g/mol. The van der Waals surface area contributed by atoms with Crippen LogP contribution < -0.4 is 16.4 Å². The van der Waals surface area contributed by atoms with Crippen LogP contribution >= 0.6 is 0 Å². The van der Waals surface area contributed by atoms with Gasteiger partial charge in [0.1, 0.15) is 5.69 Å². The van der Waals surface area contributed by atoms with Crippen LogP contribution in [0.5, 0.6) is 0 Å². The summed E-state index contributed by atoms with van der Waals surface area (Å²) in [5.41, 5.74) is 10.6. The van der Waals surface area contributed by atoms with Crippen molar-refractivity contribution in [1.82, 2.24) is 34.7 Å². The standard InChI is InChI=1S/C23H30F2N10O2/c1-2-3-16(36)33-6-4-14(5-7-33)12-17(37)34-8-10-35(11-9-34)23-31-20(30-22(27)32-23)15-13-28-21(26)29-18(15)19(24)25/h2-3,13-14,19H,4-12H2,1H3,(H2,26,28,29)(H2,27,30,31,32)/b3-2+. The summed E-state index contributed by atoms with van der Waals surface area (Å²) >= 11 is 0. The molecular weight excluding hydrogens is 486 g/mol. The van der Waals surface area contributed by atoms with E-state index >= 15 is 0 Å². The summed E-state index contributed by atoms with van der Waals surface area (Å²) in [6.07, 6.45) is 3.58. The number of halogens is 2. The van der Waals surface area contributed by atoms with Crippen LogP contribution in [0.25, 0.3) is 11.4 Å². The van der Waals surface area contributed by atoms with E-state index in [4.69, 9.17) is 11.5 Å². The fourth-order valence-corrected chi connectivity index (χ4v) is 4.53. The van der Waals surface area contributed by atoms with E-state index in [1.165, 1.54) is 0 Å². The second kappa shape index (κ2) is 11.4. The number of hydrogen-bond donors (Lipinski definition) is 2. The van der Waals surface area contributed by atoms with Crippen LogP contribution in [0.1, 0.15) is 38.3 Å². The van der Waals surface area contributed by atoms with Gasteiger partial charge in [-0.1, -0.05) is 6.08 Å². The van der Waals surface area contributed by atoms with Gasteiger partial charge in [0.25, 0.3) is 6.43 Å². The third-order valence-electron chi connectivity index (χ3n) is 6.54. The largest absolute Gasteiger partial charge is 0.368 e. The number of likely N-dealkylation sites (tertiary alicyclic amines) is 1. The first-order chi connectivity index (χ1) is 17.7. The molecule has 2 aromatic heterocycles. The summed E-state index contributed by atoms with van der Waals surface area (Å²) in [4.78, 5) is 50.2. The molecule has 0 saturated carbocycles. The highest BCUT2D eigenvalue weighted by atomic mass is 19.3. The summed E-state index contributed by atoms with van der Waals surface area (Å²) in [6.45, 7) is 4.96. The molecule has 0 spiro atoms. The Balaban J connectivity index is 1.35. The maximum Gasteiger partial charge on any atom is 0.281 e. The van der Waals surface area contributed by atoms with Crippen LogP contribution in [0, 0.1) is 5.92 Å². The number of amides is 2. The summed E-state index contributed by atoms with van der Waals surface area (Å²) in [7, 11) is 0. The fraction of sp³-hybridized carbons (Fsp3) is 0.522. The molecule has 4 heterocycles. The predicted molar refractivity (Wildman–Crippen MR) is 132 cm³/mol. The first-order valence-electron chi connectivity index (χ1n) is 12.1. The topological polar surface area (TPSA) is 160 Å². The number of alkyl halides is 2. The smallest absolute Gasteiger partial charge is 0.281 e. The van der Waals surface area contributed by atoms with Gasteiger partial charge in [-0.3, -0.25) is 9.59 Å². The Labute approximate surface area is 212 Å². The molecule has 2 aromatic rings. The van der Waals surface area contributed by atoms with Crippen molar-refractivity contribution in [2.45, 2.75) is 32.6 Å². The molecule has 2 amide bonds. The number of hydrogen-bond acceptors (Lipinski definition) is 10. The van der Waals surface area contributed by atoms with Crippen LogP contribution in [-0.2, 0) is 9.59 Å². The lowest BCUT2D eigenvalue weighted by atomic mass is 9.92. The summed E-state index contributed by atoms with van der Waals surface area (Å²) in [5.74, 6) is 0.0800. The molecule has 0 radical (unpaired) electrons. The third-order valence-corrected chi connectivity index (χ3v) is 6.54. The molecule has 14 heteroatoms. The van der Waals surface area contributed by atoms with Crippen molar-refractivity contribution in [3.05, 3.63) is 24.0 Å². The number of nitrogens with two attached hydrogens (primary N) is 2. The number of carbonyl (C=O) groups excluding carboxylic acids is 2. The van der Waals surface area contributed by atoms with Gasteiger partial charge in [-0.05, 0) is 31.8 Å². The summed E-state index contributed by atoms with van der Waals surface area (Å²) < 4.78 is 27.0. The molecule has 198 valence electrons. The molecule has 0 unspecified atom stereocenters. The highest BCUT2D eigenvalue weighted by Gasteiger charge is 2.28. The Morgan fingerprint density at radius 1 is 1.00 bits per heavy atom. The number of carbonyl (C=O) groups is 2. The van der Waals surface area contributed by atoms with E-state index in [1.54, 1.807) is 12.2 Å². The average Bonchev–Trinajstić information content (AvgIpc) is 2.89. The van der Waals surface area contributed by atoms with Gasteiger partial charge in [0.15, 0.2) is 5.82 Å². The van der Waals surface area contributed by atoms with Crippen molar-refractivity contribution < 1.29 is 18.4 Å². The zero-order valence-corrected chi connectivity index (χ0v) is 20.6. The molecule has 0 aromatic carbocycles. The number of anilines is 3. The summed E-state index contributed by atoms with van der Waals surface area (Å²) in [5, 5.41) is 0. The van der Waals surface area contributed by atoms with Gasteiger partial charge in [0.2, 0.25) is 29.7 Å². The highest BCUT2D eigenvalue weighted by Crippen LogP contribution is 2.29. The number of piperidine rings is 1. The lowest BCUT2D eigenvalue weighted by Crippen LogP contribution is -2.50. The quantitative estimate of drug-likeness (QED) is 0.535. The third kappa shape index (κ3) is 6.24. The number of piperazine rings is 1. The van der Waals surface area contributed by atoms with E-state index in [1.807, 2.05) is 21.6 Å². The van der Waals surface area contributed by atoms with E-state index in [9.17, 15) is 18.4 Å². The van der Waals surface area contributed by atoms with Gasteiger partial charge >= 0.3 is 0 Å². The van der Waals surface area contributed by atoms with Crippen molar-refractivity contribution in [2.24, 2.45) is 5.92 Å². The maximum absolute atomic E-state index is 13.5. The SMILES string of the molecule is C/C=C/C(=O)N1CCC(CC(=O)N2CCN(c3nc(N)nc(-c4cnc(N)nc4C(F)F)n3)CC2)CC1. The van der Waals surface area contributed by atoms with Crippen molar-refractivity contribution in [3.8, 4) is 11.4 Å². The molecule has 37 heavy (non-hydrogen) atoms. The first-order valence-corrected chi connectivity index (χ1v) is 12.1. The van der Waals surface area contributed by atoms with Gasteiger partial charge in [-0.2, -0.15) is 15.0 Å². The average molecular weight is 517 g/mol. The molecule has 4 N–H and O–H groups in total. The normalized spacial score (nSPS) is 17.1. The number of allylic oxidation sites excluding steroid dienone is 1. The van der Waals surface area contributed by atoms with Crippen LogP contribution in [0.2, 0.25) is 0 Å². The second-order valence-corrected chi connectivity index (χ2v) is 8.99. The summed E-state index contributed by atoms with van der Waals surface area (Å²) in [6, 6.07) is 0. The zero-order valence-electron chi connectivity index (χ0n) is 20.6. The molecule has 2 aliphatic heterocycles. The van der Waals surface area contributed by atoms with Gasteiger partial charge < -0.3 is 26.2 Å². The minimum atomic E-state index is -2.91. The van der Waals surface area contributed by atoms with Gasteiger partial charge in [0, 0.05) is 51.9 Å². The van der Waals surface area contributed by atoms with E-state index < -0.39 is 12.1 Å². The van der Waals surface area contributed by atoms with Crippen molar-refractivity contribution in [1.29, 1.82) is 0 Å². The van der Waals surface area contributed by atoms with E-state index in [0.717, 1.165) is 19.0 Å². The van der Waals surface area contributed by atoms with E-state index in [2.05, 4.69) is 24.9 Å². The molecular formula is C23H30F2N10O2. The lowest BCUT2D eigenvalue weighted by molar-refractivity contribution is -0.133. The predicted octanol–water partition coefficient (Wildman–Crippen LogP) is 1.28. The zero-order chi connectivity index (χ0) is 26.5. The number of rotatable bonds is 6. The van der Waals surface area contributed by atoms with Crippen LogP contribution in [0.3, 0.4) is 0 Å². The lowest BCUT2D eigenvalue weighted by Gasteiger charge is -2.36. The Hall–Kier alpha value is -3.97. The van der Waals surface area contributed by atoms with Crippen molar-refractivity contribution in [3.63, 3.8) is 0 Å². The number of nitrogen functional groups attached to an aromatic ring is 2. The molecule has 2 aliphatic rings. The Morgan fingerprint density at radius 2 is 1.70 bits per heavy atom. The van der Waals surface area contributed by atoms with Crippen molar-refractivity contribution in [2.75, 3.05) is 55.6 Å².